The summed E-state index contributed by atoms with van der Waals surface area (Å²) in [6, 6.07) is 0.760. The highest BCUT2D eigenvalue weighted by molar-refractivity contribution is 8.00. The zero-order chi connectivity index (χ0) is 9.68. The molecule has 0 aromatic rings. The van der Waals surface area contributed by atoms with E-state index in [0.29, 0.717) is 0 Å². The van der Waals surface area contributed by atoms with Crippen LogP contribution in [0.1, 0.15) is 20.3 Å². The largest absolute Gasteiger partial charge is 0.320 e. The first-order valence-electron chi connectivity index (χ1n) is 5.26. The van der Waals surface area contributed by atoms with Crippen molar-refractivity contribution < 1.29 is 0 Å². The van der Waals surface area contributed by atoms with Crippen molar-refractivity contribution in [1.82, 2.24) is 10.2 Å². The van der Waals surface area contributed by atoms with Gasteiger partial charge in [-0.2, -0.15) is 11.8 Å². The fourth-order valence-electron chi connectivity index (χ4n) is 1.77. The molecule has 2 nitrogen and oxygen atoms in total. The van der Waals surface area contributed by atoms with Crippen molar-refractivity contribution in [2.45, 2.75) is 31.6 Å². The van der Waals surface area contributed by atoms with Gasteiger partial charge >= 0.3 is 0 Å². The van der Waals surface area contributed by atoms with E-state index in [1.807, 2.05) is 7.05 Å². The third-order valence-electron chi connectivity index (χ3n) is 2.89. The SMILES string of the molecule is CNCCCN1CCSC(C)C1C. The molecular formula is C10H22N2S. The lowest BCUT2D eigenvalue weighted by molar-refractivity contribution is 0.210. The summed E-state index contributed by atoms with van der Waals surface area (Å²) in [5.41, 5.74) is 0. The van der Waals surface area contributed by atoms with Crippen LogP contribution in [0.5, 0.6) is 0 Å². The minimum absolute atomic E-state index is 0.760. The lowest BCUT2D eigenvalue weighted by atomic mass is 10.2. The monoisotopic (exact) mass is 202 g/mol. The first-order chi connectivity index (χ1) is 6.25. The second-order valence-electron chi connectivity index (χ2n) is 3.81. The van der Waals surface area contributed by atoms with E-state index in [4.69, 9.17) is 0 Å². The Balaban J connectivity index is 2.23. The molecule has 0 radical (unpaired) electrons. The Morgan fingerprint density at radius 3 is 2.92 bits per heavy atom. The molecule has 78 valence electrons. The molecule has 0 aliphatic carbocycles. The summed E-state index contributed by atoms with van der Waals surface area (Å²) in [6.07, 6.45) is 1.28. The molecule has 1 N–H and O–H groups in total. The van der Waals surface area contributed by atoms with Crippen LogP contribution in [0.2, 0.25) is 0 Å². The Kier molecular flexibility index (Phi) is 5.14. The van der Waals surface area contributed by atoms with Crippen LogP contribution in [-0.4, -0.2) is 48.6 Å². The number of nitrogens with zero attached hydrogens (tertiary/aromatic N) is 1. The van der Waals surface area contributed by atoms with Crippen molar-refractivity contribution in [1.29, 1.82) is 0 Å². The van der Waals surface area contributed by atoms with Crippen LogP contribution in [0.15, 0.2) is 0 Å². The van der Waals surface area contributed by atoms with E-state index in [1.165, 1.54) is 25.3 Å². The van der Waals surface area contributed by atoms with Gasteiger partial charge in [-0.1, -0.05) is 6.92 Å². The Bertz CT molecular complexity index is 141. The van der Waals surface area contributed by atoms with Gasteiger partial charge in [0, 0.05) is 23.6 Å². The van der Waals surface area contributed by atoms with Crippen LogP contribution in [0.3, 0.4) is 0 Å². The van der Waals surface area contributed by atoms with Crippen molar-refractivity contribution >= 4 is 11.8 Å². The van der Waals surface area contributed by atoms with Gasteiger partial charge in [0.1, 0.15) is 0 Å². The molecule has 1 fully saturated rings. The minimum atomic E-state index is 0.760. The fourth-order valence-corrected chi connectivity index (χ4v) is 2.93. The van der Waals surface area contributed by atoms with E-state index in [2.05, 4.69) is 35.8 Å². The third-order valence-corrected chi connectivity index (χ3v) is 4.22. The topological polar surface area (TPSA) is 15.3 Å². The Labute approximate surface area is 86.5 Å². The van der Waals surface area contributed by atoms with Gasteiger partial charge in [0.15, 0.2) is 0 Å². The maximum atomic E-state index is 3.20. The zero-order valence-electron chi connectivity index (χ0n) is 9.05. The van der Waals surface area contributed by atoms with Crippen LogP contribution in [0, 0.1) is 0 Å². The molecule has 1 aliphatic rings. The van der Waals surface area contributed by atoms with E-state index in [0.717, 1.165) is 17.8 Å². The zero-order valence-corrected chi connectivity index (χ0v) is 9.86. The van der Waals surface area contributed by atoms with Gasteiger partial charge in [0.25, 0.3) is 0 Å². The van der Waals surface area contributed by atoms with Crippen molar-refractivity contribution in [3.8, 4) is 0 Å². The molecule has 0 bridgehead atoms. The molecule has 3 heteroatoms. The van der Waals surface area contributed by atoms with Gasteiger partial charge in [-0.15, -0.1) is 0 Å². The van der Waals surface area contributed by atoms with Crippen LogP contribution in [-0.2, 0) is 0 Å². The molecule has 13 heavy (non-hydrogen) atoms. The smallest absolute Gasteiger partial charge is 0.0184 e. The van der Waals surface area contributed by atoms with Gasteiger partial charge in [-0.3, -0.25) is 4.90 Å². The summed E-state index contributed by atoms with van der Waals surface area (Å²) >= 11 is 2.11. The first kappa shape index (κ1) is 11.3. The molecule has 0 saturated carbocycles. The maximum Gasteiger partial charge on any atom is 0.0184 e. The van der Waals surface area contributed by atoms with E-state index in [9.17, 15) is 0 Å². The van der Waals surface area contributed by atoms with Gasteiger partial charge in [-0.25, -0.2) is 0 Å². The number of rotatable bonds is 4. The quantitative estimate of drug-likeness (QED) is 0.694. The molecule has 0 spiro atoms. The molecule has 0 aromatic heterocycles. The third kappa shape index (κ3) is 3.49. The number of nitrogens with one attached hydrogen (secondary N) is 1. The van der Waals surface area contributed by atoms with Gasteiger partial charge in [-0.05, 0) is 33.5 Å². The molecule has 1 aliphatic heterocycles. The van der Waals surface area contributed by atoms with Gasteiger partial charge < -0.3 is 5.32 Å². The summed E-state index contributed by atoms with van der Waals surface area (Å²) in [4.78, 5) is 2.62. The summed E-state index contributed by atoms with van der Waals surface area (Å²) in [7, 11) is 2.03. The highest BCUT2D eigenvalue weighted by Crippen LogP contribution is 2.23. The van der Waals surface area contributed by atoms with Gasteiger partial charge in [0.05, 0.1) is 0 Å². The summed E-state index contributed by atoms with van der Waals surface area (Å²) < 4.78 is 0. The highest BCUT2D eigenvalue weighted by Gasteiger charge is 2.24. The second-order valence-corrected chi connectivity index (χ2v) is 5.29. The van der Waals surface area contributed by atoms with Crippen LogP contribution < -0.4 is 5.32 Å². The van der Waals surface area contributed by atoms with E-state index in [-0.39, 0.29) is 0 Å². The van der Waals surface area contributed by atoms with E-state index in [1.54, 1.807) is 0 Å². The molecule has 1 saturated heterocycles. The molecule has 0 aromatic carbocycles. The molecule has 2 atom stereocenters. The molecule has 1 heterocycles. The molecule has 0 amide bonds. The van der Waals surface area contributed by atoms with Crippen LogP contribution in [0.25, 0.3) is 0 Å². The standard InChI is InChI=1S/C10H22N2S/c1-9-10(2)13-8-7-12(9)6-4-5-11-3/h9-11H,4-8H2,1-3H3. The Morgan fingerprint density at radius 1 is 1.46 bits per heavy atom. The second kappa shape index (κ2) is 5.89. The summed E-state index contributed by atoms with van der Waals surface area (Å²) in [5, 5.41) is 4.01. The molecule has 1 rings (SSSR count). The normalized spacial score (nSPS) is 30.7. The first-order valence-corrected chi connectivity index (χ1v) is 6.31. The van der Waals surface area contributed by atoms with Crippen molar-refractivity contribution in [2.24, 2.45) is 0 Å². The predicted octanol–water partition coefficient (Wildman–Crippen LogP) is 1.42. The molecular weight excluding hydrogens is 180 g/mol. The van der Waals surface area contributed by atoms with E-state index < -0.39 is 0 Å². The van der Waals surface area contributed by atoms with Crippen molar-refractivity contribution in [2.75, 3.05) is 32.4 Å². The lowest BCUT2D eigenvalue weighted by Gasteiger charge is -2.37. The van der Waals surface area contributed by atoms with Crippen LogP contribution >= 0.6 is 11.8 Å². The summed E-state index contributed by atoms with van der Waals surface area (Å²) in [6.45, 7) is 8.38. The molecule has 2 unspecified atom stereocenters. The Morgan fingerprint density at radius 2 is 2.23 bits per heavy atom. The van der Waals surface area contributed by atoms with Crippen LogP contribution in [0.4, 0.5) is 0 Å². The average Bonchev–Trinajstić information content (AvgIpc) is 2.13. The minimum Gasteiger partial charge on any atom is -0.320 e. The fraction of sp³-hybridized carbons (Fsp3) is 1.00. The average molecular weight is 202 g/mol. The maximum absolute atomic E-state index is 3.20. The van der Waals surface area contributed by atoms with Gasteiger partial charge in [0.2, 0.25) is 0 Å². The summed E-state index contributed by atoms with van der Waals surface area (Å²) in [5.74, 6) is 1.31. The number of hydrogen-bond donors (Lipinski definition) is 1. The van der Waals surface area contributed by atoms with Crippen molar-refractivity contribution in [3.63, 3.8) is 0 Å². The number of thioether (sulfide) groups is 1. The lowest BCUT2D eigenvalue weighted by Crippen LogP contribution is -2.45. The Hall–Kier alpha value is 0.270. The predicted molar refractivity (Wildman–Crippen MR) is 61.5 cm³/mol. The highest BCUT2D eigenvalue weighted by atomic mass is 32.2. The van der Waals surface area contributed by atoms with Crippen molar-refractivity contribution in [3.05, 3.63) is 0 Å². The van der Waals surface area contributed by atoms with E-state index >= 15 is 0 Å². The number of hydrogen-bond acceptors (Lipinski definition) is 3.